The number of phenols is 1. The molecule has 0 aromatic heterocycles. The lowest BCUT2D eigenvalue weighted by molar-refractivity contribution is -0.113. The van der Waals surface area contributed by atoms with Crippen LogP contribution in [0.2, 0.25) is 0 Å². The van der Waals surface area contributed by atoms with E-state index in [9.17, 15) is 14.7 Å². The fraction of sp³-hybridized carbons (Fsp3) is 0.517. The van der Waals surface area contributed by atoms with Crippen molar-refractivity contribution in [2.45, 2.75) is 70.0 Å². The van der Waals surface area contributed by atoms with Gasteiger partial charge in [0.05, 0.1) is 23.9 Å². The third kappa shape index (κ3) is 5.02. The van der Waals surface area contributed by atoms with E-state index in [-0.39, 0.29) is 18.4 Å². The van der Waals surface area contributed by atoms with Gasteiger partial charge in [-0.25, -0.2) is 4.79 Å². The van der Waals surface area contributed by atoms with Crippen LogP contribution in [-0.2, 0) is 14.9 Å². The monoisotopic (exact) mass is 477 g/mol. The molecule has 186 valence electrons. The highest BCUT2D eigenvalue weighted by Gasteiger charge is 2.51. The van der Waals surface area contributed by atoms with Crippen LogP contribution >= 0.6 is 0 Å². The standard InChI is InChI=1S/C29H35NO5/c1-18(2)34-28(33)22-3-8-27(32)26(12-22)30-16-25(17-31)35-24-6-4-23(5-7-24)29-13-19-9-20(14-29)11-21(10-19)15-29/h3-8,12,17-21,25,30,32H,9-11,13-16H2,1-2H3. The number of benzene rings is 2. The summed E-state index contributed by atoms with van der Waals surface area (Å²) in [5.74, 6) is 2.84. The quantitative estimate of drug-likeness (QED) is 0.282. The minimum Gasteiger partial charge on any atom is -0.506 e. The van der Waals surface area contributed by atoms with Crippen molar-refractivity contribution in [2.75, 3.05) is 11.9 Å². The number of hydrogen-bond acceptors (Lipinski definition) is 6. The first kappa shape index (κ1) is 23.7. The summed E-state index contributed by atoms with van der Waals surface area (Å²) < 4.78 is 11.1. The van der Waals surface area contributed by atoms with Crippen molar-refractivity contribution >= 4 is 17.9 Å². The Bertz CT molecular complexity index is 1040. The van der Waals surface area contributed by atoms with Crippen LogP contribution < -0.4 is 10.1 Å². The summed E-state index contributed by atoms with van der Waals surface area (Å²) in [6.45, 7) is 3.70. The Balaban J connectivity index is 1.21. The number of carbonyl (C=O) groups is 2. The second-order valence-electron chi connectivity index (χ2n) is 11.1. The number of aromatic hydroxyl groups is 1. The normalized spacial score (nSPS) is 27.5. The van der Waals surface area contributed by atoms with Crippen LogP contribution in [0.1, 0.15) is 68.3 Å². The van der Waals surface area contributed by atoms with E-state index < -0.39 is 12.1 Å². The third-order valence-electron chi connectivity index (χ3n) is 8.01. The molecule has 0 spiro atoms. The van der Waals surface area contributed by atoms with Gasteiger partial charge in [-0.15, -0.1) is 0 Å². The van der Waals surface area contributed by atoms with Gasteiger partial charge >= 0.3 is 5.97 Å². The lowest BCUT2D eigenvalue weighted by Gasteiger charge is -2.57. The minimum absolute atomic E-state index is 0.0179. The number of phenolic OH excluding ortho intramolecular Hbond substituents is 1. The van der Waals surface area contributed by atoms with Gasteiger partial charge in [0.2, 0.25) is 0 Å². The minimum atomic E-state index is -0.744. The highest BCUT2D eigenvalue weighted by Crippen LogP contribution is 2.60. The van der Waals surface area contributed by atoms with Crippen molar-refractivity contribution in [1.82, 2.24) is 0 Å². The Morgan fingerprint density at radius 1 is 1.06 bits per heavy atom. The average Bonchev–Trinajstić information content (AvgIpc) is 2.81. The van der Waals surface area contributed by atoms with E-state index in [4.69, 9.17) is 9.47 Å². The van der Waals surface area contributed by atoms with Crippen molar-refractivity contribution < 1.29 is 24.2 Å². The van der Waals surface area contributed by atoms with E-state index in [2.05, 4.69) is 17.4 Å². The fourth-order valence-electron chi connectivity index (χ4n) is 6.94. The Morgan fingerprint density at radius 2 is 1.69 bits per heavy atom. The maximum Gasteiger partial charge on any atom is 0.338 e. The van der Waals surface area contributed by atoms with Gasteiger partial charge in [-0.2, -0.15) is 0 Å². The van der Waals surface area contributed by atoms with Gasteiger partial charge in [0.1, 0.15) is 11.5 Å². The number of carbonyl (C=O) groups excluding carboxylic acids is 2. The molecule has 0 radical (unpaired) electrons. The predicted octanol–water partition coefficient (Wildman–Crippen LogP) is 5.48. The second kappa shape index (κ2) is 9.56. The zero-order valence-electron chi connectivity index (χ0n) is 20.5. The maximum absolute atomic E-state index is 12.2. The highest BCUT2D eigenvalue weighted by atomic mass is 16.5. The Morgan fingerprint density at radius 3 is 2.26 bits per heavy atom. The summed E-state index contributed by atoms with van der Waals surface area (Å²) >= 11 is 0. The molecule has 0 heterocycles. The molecule has 0 aliphatic heterocycles. The summed E-state index contributed by atoms with van der Waals surface area (Å²) in [6, 6.07) is 12.8. The summed E-state index contributed by atoms with van der Waals surface area (Å²) in [7, 11) is 0. The molecule has 1 unspecified atom stereocenters. The predicted molar refractivity (Wildman–Crippen MR) is 134 cm³/mol. The first-order valence-corrected chi connectivity index (χ1v) is 12.8. The highest BCUT2D eigenvalue weighted by molar-refractivity contribution is 5.91. The molecule has 1 atom stereocenters. The van der Waals surface area contributed by atoms with E-state index >= 15 is 0 Å². The number of esters is 1. The molecule has 2 N–H and O–H groups in total. The molecule has 0 amide bonds. The molecule has 4 fully saturated rings. The Labute approximate surface area is 207 Å². The molecular weight excluding hydrogens is 442 g/mol. The van der Waals surface area contributed by atoms with Crippen LogP contribution in [0.3, 0.4) is 0 Å². The molecule has 4 bridgehead atoms. The molecule has 6 heteroatoms. The van der Waals surface area contributed by atoms with E-state index in [1.54, 1.807) is 13.8 Å². The summed E-state index contributed by atoms with van der Waals surface area (Å²) in [5, 5.41) is 13.2. The molecule has 35 heavy (non-hydrogen) atoms. The molecule has 4 saturated carbocycles. The van der Waals surface area contributed by atoms with Gasteiger partial charge in [-0.1, -0.05) is 12.1 Å². The number of anilines is 1. The van der Waals surface area contributed by atoms with Crippen LogP contribution in [0.4, 0.5) is 5.69 Å². The topological polar surface area (TPSA) is 84.9 Å². The van der Waals surface area contributed by atoms with Gasteiger partial charge in [0.15, 0.2) is 12.4 Å². The molecular formula is C29H35NO5. The number of nitrogens with one attached hydrogen (secondary N) is 1. The number of ether oxygens (including phenoxy) is 2. The second-order valence-corrected chi connectivity index (χ2v) is 11.1. The van der Waals surface area contributed by atoms with Gasteiger partial charge in [0, 0.05) is 0 Å². The van der Waals surface area contributed by atoms with Crippen LogP contribution in [0.5, 0.6) is 11.5 Å². The Hall–Kier alpha value is -3.02. The van der Waals surface area contributed by atoms with Crippen LogP contribution in [0.15, 0.2) is 42.5 Å². The molecule has 0 saturated heterocycles. The Kier molecular flexibility index (Phi) is 6.47. The summed E-state index contributed by atoms with van der Waals surface area (Å²) in [6.07, 6.45) is 7.96. The smallest absolute Gasteiger partial charge is 0.338 e. The maximum atomic E-state index is 12.2. The van der Waals surface area contributed by atoms with Crippen molar-refractivity contribution in [3.63, 3.8) is 0 Å². The first-order chi connectivity index (χ1) is 16.8. The van der Waals surface area contributed by atoms with E-state index in [1.165, 1.54) is 62.3 Å². The molecule has 2 aromatic carbocycles. The SMILES string of the molecule is CC(C)OC(=O)c1ccc(O)c(NCC(C=O)Oc2ccc(C34CC5CC(CC(C5)C3)C4)cc2)c1. The molecule has 4 aliphatic carbocycles. The molecule has 2 aromatic rings. The fourth-order valence-corrected chi connectivity index (χ4v) is 6.94. The average molecular weight is 478 g/mol. The summed E-state index contributed by atoms with van der Waals surface area (Å²) in [5.41, 5.74) is 2.41. The zero-order valence-corrected chi connectivity index (χ0v) is 20.5. The lowest BCUT2D eigenvalue weighted by atomic mass is 9.48. The van der Waals surface area contributed by atoms with Gasteiger partial charge < -0.3 is 19.9 Å². The van der Waals surface area contributed by atoms with Crippen LogP contribution in [-0.4, -0.2) is 36.1 Å². The van der Waals surface area contributed by atoms with Gasteiger partial charge in [-0.3, -0.25) is 4.79 Å². The molecule has 4 aliphatic rings. The van der Waals surface area contributed by atoms with Gasteiger partial charge in [-0.05, 0) is 111 Å². The number of rotatable bonds is 9. The third-order valence-corrected chi connectivity index (χ3v) is 8.01. The van der Waals surface area contributed by atoms with E-state index in [0.717, 1.165) is 24.0 Å². The van der Waals surface area contributed by atoms with Crippen molar-refractivity contribution in [3.8, 4) is 11.5 Å². The van der Waals surface area contributed by atoms with Crippen LogP contribution in [0, 0.1) is 17.8 Å². The van der Waals surface area contributed by atoms with Gasteiger partial charge in [0.25, 0.3) is 0 Å². The first-order valence-electron chi connectivity index (χ1n) is 12.8. The van der Waals surface area contributed by atoms with Crippen LogP contribution in [0.25, 0.3) is 0 Å². The van der Waals surface area contributed by atoms with E-state index in [1.807, 2.05) is 12.1 Å². The van der Waals surface area contributed by atoms with Crippen molar-refractivity contribution in [3.05, 3.63) is 53.6 Å². The van der Waals surface area contributed by atoms with E-state index in [0.29, 0.717) is 22.4 Å². The molecule has 6 nitrogen and oxygen atoms in total. The largest absolute Gasteiger partial charge is 0.506 e. The zero-order chi connectivity index (χ0) is 24.6. The number of hydrogen-bond donors (Lipinski definition) is 2. The van der Waals surface area contributed by atoms with Crippen molar-refractivity contribution in [2.24, 2.45) is 17.8 Å². The van der Waals surface area contributed by atoms with Crippen molar-refractivity contribution in [1.29, 1.82) is 0 Å². The lowest BCUT2D eigenvalue weighted by Crippen LogP contribution is -2.48. The number of aldehydes is 1. The summed E-state index contributed by atoms with van der Waals surface area (Å²) in [4.78, 5) is 23.9. The molecule has 6 rings (SSSR count).